The maximum absolute atomic E-state index is 12.5. The van der Waals surface area contributed by atoms with Crippen molar-refractivity contribution in [1.82, 2.24) is 5.32 Å². The molecule has 2 aromatic carbocycles. The molecule has 0 spiro atoms. The summed E-state index contributed by atoms with van der Waals surface area (Å²) in [6.07, 6.45) is 2.48. The molecule has 1 saturated carbocycles. The molecule has 0 aromatic heterocycles. The molecule has 1 aliphatic rings. The van der Waals surface area contributed by atoms with E-state index in [0.717, 1.165) is 18.4 Å². The van der Waals surface area contributed by atoms with Crippen LogP contribution in [-0.4, -0.2) is 28.9 Å². The summed E-state index contributed by atoms with van der Waals surface area (Å²) in [5.41, 5.74) is 2.15. The van der Waals surface area contributed by atoms with Crippen molar-refractivity contribution < 1.29 is 19.5 Å². The Balaban J connectivity index is 1.72. The van der Waals surface area contributed by atoms with Crippen LogP contribution in [0.25, 0.3) is 0 Å². The molecule has 1 aliphatic carbocycles. The van der Waals surface area contributed by atoms with E-state index in [1.54, 1.807) is 42.5 Å². The molecule has 140 valence electrons. The Morgan fingerprint density at radius 2 is 1.74 bits per heavy atom. The van der Waals surface area contributed by atoms with Gasteiger partial charge in [-0.3, -0.25) is 9.59 Å². The van der Waals surface area contributed by atoms with Crippen molar-refractivity contribution in [2.24, 2.45) is 5.92 Å². The van der Waals surface area contributed by atoms with E-state index < -0.39 is 17.9 Å². The van der Waals surface area contributed by atoms with Gasteiger partial charge in [0, 0.05) is 16.8 Å². The first-order chi connectivity index (χ1) is 12.9. The SMILES string of the molecule is Cc1ccc(C(=O)NC(CC2CC2)C(=O)O)cc1NC(=O)c1ccccc1. The number of carboxylic acids is 1. The molecule has 1 unspecified atom stereocenters. The lowest BCUT2D eigenvalue weighted by Gasteiger charge is -2.15. The molecule has 0 heterocycles. The largest absolute Gasteiger partial charge is 0.480 e. The van der Waals surface area contributed by atoms with Crippen LogP contribution >= 0.6 is 0 Å². The minimum absolute atomic E-state index is 0.270. The maximum atomic E-state index is 12.5. The van der Waals surface area contributed by atoms with Crippen LogP contribution in [0.2, 0.25) is 0 Å². The first kappa shape index (κ1) is 18.6. The summed E-state index contributed by atoms with van der Waals surface area (Å²) < 4.78 is 0. The van der Waals surface area contributed by atoms with Gasteiger partial charge in [-0.1, -0.05) is 37.1 Å². The summed E-state index contributed by atoms with van der Waals surface area (Å²) in [5.74, 6) is -1.38. The highest BCUT2D eigenvalue weighted by molar-refractivity contribution is 6.05. The van der Waals surface area contributed by atoms with Crippen molar-refractivity contribution in [1.29, 1.82) is 0 Å². The predicted molar refractivity (Wildman–Crippen MR) is 102 cm³/mol. The summed E-state index contributed by atoms with van der Waals surface area (Å²) in [6.45, 7) is 1.83. The number of amides is 2. The van der Waals surface area contributed by atoms with Crippen molar-refractivity contribution in [3.05, 3.63) is 65.2 Å². The number of benzene rings is 2. The van der Waals surface area contributed by atoms with Crippen LogP contribution in [0.4, 0.5) is 5.69 Å². The molecule has 1 fully saturated rings. The minimum atomic E-state index is -1.03. The van der Waals surface area contributed by atoms with Gasteiger partial charge in [0.15, 0.2) is 0 Å². The molecule has 1 atom stereocenters. The summed E-state index contributed by atoms with van der Waals surface area (Å²) in [4.78, 5) is 36.2. The highest BCUT2D eigenvalue weighted by Crippen LogP contribution is 2.33. The van der Waals surface area contributed by atoms with Gasteiger partial charge in [0.05, 0.1) is 0 Å². The van der Waals surface area contributed by atoms with Gasteiger partial charge >= 0.3 is 5.97 Å². The Labute approximate surface area is 157 Å². The zero-order valence-corrected chi connectivity index (χ0v) is 15.1. The van der Waals surface area contributed by atoms with E-state index in [1.165, 1.54) is 0 Å². The average molecular weight is 366 g/mol. The number of carbonyl (C=O) groups is 3. The zero-order valence-electron chi connectivity index (χ0n) is 15.1. The number of carboxylic acid groups (broad SMARTS) is 1. The van der Waals surface area contributed by atoms with Crippen molar-refractivity contribution in [3.63, 3.8) is 0 Å². The van der Waals surface area contributed by atoms with E-state index in [9.17, 15) is 19.5 Å². The number of carbonyl (C=O) groups excluding carboxylic acids is 2. The van der Waals surface area contributed by atoms with Crippen molar-refractivity contribution in [3.8, 4) is 0 Å². The number of anilines is 1. The minimum Gasteiger partial charge on any atom is -0.480 e. The summed E-state index contributed by atoms with van der Waals surface area (Å²) >= 11 is 0. The fourth-order valence-corrected chi connectivity index (χ4v) is 2.83. The molecule has 2 aromatic rings. The van der Waals surface area contributed by atoms with Crippen LogP contribution in [0, 0.1) is 12.8 Å². The third-order valence-corrected chi connectivity index (χ3v) is 4.65. The van der Waals surface area contributed by atoms with Crippen molar-refractivity contribution in [2.75, 3.05) is 5.32 Å². The van der Waals surface area contributed by atoms with Crippen molar-refractivity contribution >= 4 is 23.5 Å². The van der Waals surface area contributed by atoms with Crippen molar-refractivity contribution in [2.45, 2.75) is 32.2 Å². The lowest BCUT2D eigenvalue weighted by molar-refractivity contribution is -0.139. The first-order valence-corrected chi connectivity index (χ1v) is 8.95. The van der Waals surface area contributed by atoms with E-state index in [2.05, 4.69) is 10.6 Å². The zero-order chi connectivity index (χ0) is 19.4. The number of aliphatic carboxylic acids is 1. The van der Waals surface area contributed by atoms with Gasteiger partial charge in [0.25, 0.3) is 11.8 Å². The number of nitrogens with one attached hydrogen (secondary N) is 2. The Bertz CT molecular complexity index is 860. The Hall–Kier alpha value is -3.15. The maximum Gasteiger partial charge on any atom is 0.326 e. The number of hydrogen-bond donors (Lipinski definition) is 3. The van der Waals surface area contributed by atoms with Crippen LogP contribution in [0.5, 0.6) is 0 Å². The molecule has 0 saturated heterocycles. The Morgan fingerprint density at radius 1 is 1.04 bits per heavy atom. The number of rotatable bonds is 7. The number of aryl methyl sites for hydroxylation is 1. The van der Waals surface area contributed by atoms with Crippen LogP contribution in [-0.2, 0) is 4.79 Å². The highest BCUT2D eigenvalue weighted by atomic mass is 16.4. The predicted octanol–water partition coefficient (Wildman–Crippen LogP) is 3.23. The second-order valence-corrected chi connectivity index (χ2v) is 6.89. The fourth-order valence-electron chi connectivity index (χ4n) is 2.83. The molecule has 3 N–H and O–H groups in total. The van der Waals surface area contributed by atoms with Crippen LogP contribution in [0.15, 0.2) is 48.5 Å². The monoisotopic (exact) mass is 366 g/mol. The average Bonchev–Trinajstić information content (AvgIpc) is 3.47. The topological polar surface area (TPSA) is 95.5 Å². The molecule has 6 heteroatoms. The summed E-state index contributed by atoms with van der Waals surface area (Å²) in [7, 11) is 0. The van der Waals surface area contributed by atoms with Crippen LogP contribution < -0.4 is 10.6 Å². The van der Waals surface area contributed by atoms with Crippen LogP contribution in [0.1, 0.15) is 45.5 Å². The molecule has 0 radical (unpaired) electrons. The van der Waals surface area contributed by atoms with Crippen LogP contribution in [0.3, 0.4) is 0 Å². The van der Waals surface area contributed by atoms with E-state index >= 15 is 0 Å². The van der Waals surface area contributed by atoms with Gasteiger partial charge in [-0.15, -0.1) is 0 Å². The molecular formula is C21H22N2O4. The third kappa shape index (κ3) is 4.94. The molecule has 3 rings (SSSR count). The standard InChI is InChI=1S/C21H22N2O4/c1-13-7-10-16(20(25)23-18(21(26)27)11-14-8-9-14)12-17(13)22-19(24)15-5-3-2-4-6-15/h2-7,10,12,14,18H,8-9,11H2,1H3,(H,22,24)(H,23,25)(H,26,27). The quantitative estimate of drug-likeness (QED) is 0.701. The van der Waals surface area contributed by atoms with E-state index in [4.69, 9.17) is 0 Å². The third-order valence-electron chi connectivity index (χ3n) is 4.65. The van der Waals surface area contributed by atoms with E-state index in [1.807, 2.05) is 13.0 Å². The fraction of sp³-hybridized carbons (Fsp3) is 0.286. The molecule has 2 amide bonds. The normalized spacial score (nSPS) is 14.3. The van der Waals surface area contributed by atoms with Gasteiger partial charge in [-0.2, -0.15) is 0 Å². The molecule has 0 aliphatic heterocycles. The molecular weight excluding hydrogens is 344 g/mol. The second-order valence-electron chi connectivity index (χ2n) is 6.89. The van der Waals surface area contributed by atoms with Gasteiger partial charge in [-0.25, -0.2) is 4.79 Å². The van der Waals surface area contributed by atoms with Gasteiger partial charge < -0.3 is 15.7 Å². The lowest BCUT2D eigenvalue weighted by atomic mass is 10.1. The Kier molecular flexibility index (Phi) is 5.54. The first-order valence-electron chi connectivity index (χ1n) is 8.95. The van der Waals surface area contributed by atoms with Gasteiger partial charge in [0.2, 0.25) is 0 Å². The second kappa shape index (κ2) is 8.03. The lowest BCUT2D eigenvalue weighted by Crippen LogP contribution is -2.41. The van der Waals surface area contributed by atoms with Gasteiger partial charge in [0.1, 0.15) is 6.04 Å². The van der Waals surface area contributed by atoms with Gasteiger partial charge in [-0.05, 0) is 49.1 Å². The smallest absolute Gasteiger partial charge is 0.326 e. The molecule has 27 heavy (non-hydrogen) atoms. The summed E-state index contributed by atoms with van der Waals surface area (Å²) in [5, 5.41) is 14.7. The van der Waals surface area contributed by atoms with E-state index in [0.29, 0.717) is 29.2 Å². The number of hydrogen-bond acceptors (Lipinski definition) is 3. The summed E-state index contributed by atoms with van der Waals surface area (Å²) in [6, 6.07) is 12.8. The highest BCUT2D eigenvalue weighted by Gasteiger charge is 2.30. The molecule has 6 nitrogen and oxygen atoms in total. The molecule has 0 bridgehead atoms. The Morgan fingerprint density at radius 3 is 2.37 bits per heavy atom. The van der Waals surface area contributed by atoms with E-state index in [-0.39, 0.29) is 5.91 Å².